The Kier molecular flexibility index (Phi) is 2.65. The third-order valence-electron chi connectivity index (χ3n) is 3.38. The molecule has 0 saturated heterocycles. The van der Waals surface area contributed by atoms with E-state index in [1.807, 2.05) is 18.2 Å². The zero-order valence-electron chi connectivity index (χ0n) is 9.70. The molecule has 86 valence electrons. The van der Waals surface area contributed by atoms with E-state index in [2.05, 4.69) is 36.5 Å². The van der Waals surface area contributed by atoms with Gasteiger partial charge in [0, 0.05) is 11.6 Å². The molecule has 2 aromatic rings. The quantitative estimate of drug-likeness (QED) is 0.803. The van der Waals surface area contributed by atoms with Crippen molar-refractivity contribution in [2.45, 2.75) is 19.5 Å². The summed E-state index contributed by atoms with van der Waals surface area (Å²) in [6.45, 7) is 3.11. The average Bonchev–Trinajstić information content (AvgIpc) is 2.74. The molecular weight excluding hydrogens is 230 g/mol. The first-order chi connectivity index (χ1) is 8.25. The molecule has 1 N–H and O–H groups in total. The van der Waals surface area contributed by atoms with E-state index in [4.69, 9.17) is 11.6 Å². The monoisotopic (exact) mass is 243 g/mol. The van der Waals surface area contributed by atoms with E-state index in [0.717, 1.165) is 11.6 Å². The van der Waals surface area contributed by atoms with Crippen LogP contribution in [-0.2, 0) is 6.54 Å². The van der Waals surface area contributed by atoms with Gasteiger partial charge in [0.15, 0.2) is 0 Å². The second kappa shape index (κ2) is 4.17. The van der Waals surface area contributed by atoms with Crippen molar-refractivity contribution in [1.29, 1.82) is 0 Å². The Morgan fingerprint density at radius 3 is 2.82 bits per heavy atom. The molecule has 17 heavy (non-hydrogen) atoms. The van der Waals surface area contributed by atoms with Crippen LogP contribution in [0.2, 0.25) is 5.02 Å². The summed E-state index contributed by atoms with van der Waals surface area (Å²) in [7, 11) is 0. The number of aryl methyl sites for hydroxylation is 1. The smallest absolute Gasteiger partial charge is 0.0585 e. The van der Waals surface area contributed by atoms with Crippen LogP contribution >= 0.6 is 11.6 Å². The maximum absolute atomic E-state index is 6.06. The van der Waals surface area contributed by atoms with Crippen LogP contribution in [0, 0.1) is 6.92 Å². The summed E-state index contributed by atoms with van der Waals surface area (Å²) >= 11 is 6.06. The lowest BCUT2D eigenvalue weighted by molar-refractivity contribution is 0.665. The SMILES string of the molecule is Cc1cccc2c1C(c1cccc(Cl)c1)NC2. The largest absolute Gasteiger partial charge is 0.302 e. The Labute approximate surface area is 106 Å². The number of hydrogen-bond acceptors (Lipinski definition) is 1. The lowest BCUT2D eigenvalue weighted by Crippen LogP contribution is -2.13. The van der Waals surface area contributed by atoms with Gasteiger partial charge in [0.2, 0.25) is 0 Å². The molecule has 2 heteroatoms. The molecule has 1 aliphatic rings. The summed E-state index contributed by atoms with van der Waals surface area (Å²) in [4.78, 5) is 0. The molecule has 0 aromatic heterocycles. The van der Waals surface area contributed by atoms with Crippen molar-refractivity contribution in [3.8, 4) is 0 Å². The van der Waals surface area contributed by atoms with E-state index >= 15 is 0 Å². The van der Waals surface area contributed by atoms with Crippen LogP contribution in [0.25, 0.3) is 0 Å². The van der Waals surface area contributed by atoms with E-state index < -0.39 is 0 Å². The van der Waals surface area contributed by atoms with Crippen molar-refractivity contribution >= 4 is 11.6 Å². The van der Waals surface area contributed by atoms with Crippen molar-refractivity contribution in [3.63, 3.8) is 0 Å². The Hall–Kier alpha value is -1.31. The van der Waals surface area contributed by atoms with Gasteiger partial charge >= 0.3 is 0 Å². The van der Waals surface area contributed by atoms with Crippen LogP contribution in [0.1, 0.15) is 28.3 Å². The lowest BCUT2D eigenvalue weighted by atomic mass is 9.94. The highest BCUT2D eigenvalue weighted by atomic mass is 35.5. The van der Waals surface area contributed by atoms with E-state index in [-0.39, 0.29) is 6.04 Å². The first-order valence-electron chi connectivity index (χ1n) is 5.83. The molecule has 0 bridgehead atoms. The van der Waals surface area contributed by atoms with Crippen LogP contribution in [-0.4, -0.2) is 0 Å². The number of hydrogen-bond donors (Lipinski definition) is 1. The molecule has 0 spiro atoms. The third-order valence-corrected chi connectivity index (χ3v) is 3.62. The molecule has 1 unspecified atom stereocenters. The van der Waals surface area contributed by atoms with Gasteiger partial charge in [-0.05, 0) is 41.3 Å². The summed E-state index contributed by atoms with van der Waals surface area (Å²) < 4.78 is 0. The predicted molar refractivity (Wildman–Crippen MR) is 71.3 cm³/mol. The van der Waals surface area contributed by atoms with E-state index in [9.17, 15) is 0 Å². The maximum Gasteiger partial charge on any atom is 0.0585 e. The molecule has 1 aliphatic heterocycles. The normalized spacial score (nSPS) is 18.1. The molecule has 3 rings (SSSR count). The molecule has 1 heterocycles. The summed E-state index contributed by atoms with van der Waals surface area (Å²) in [6.07, 6.45) is 0. The van der Waals surface area contributed by atoms with Gasteiger partial charge in [-0.25, -0.2) is 0 Å². The number of rotatable bonds is 1. The number of halogens is 1. The zero-order chi connectivity index (χ0) is 11.8. The van der Waals surface area contributed by atoms with Crippen molar-refractivity contribution in [1.82, 2.24) is 5.32 Å². The van der Waals surface area contributed by atoms with E-state index in [0.29, 0.717) is 0 Å². The predicted octanol–water partition coefficient (Wildman–Crippen LogP) is 3.84. The van der Waals surface area contributed by atoms with Crippen molar-refractivity contribution < 1.29 is 0 Å². The highest BCUT2D eigenvalue weighted by molar-refractivity contribution is 6.30. The number of benzene rings is 2. The van der Waals surface area contributed by atoms with Crippen molar-refractivity contribution in [2.75, 3.05) is 0 Å². The minimum Gasteiger partial charge on any atom is -0.302 e. The van der Waals surface area contributed by atoms with Crippen LogP contribution in [0.4, 0.5) is 0 Å². The first kappa shape index (κ1) is 10.8. The summed E-state index contributed by atoms with van der Waals surface area (Å²) in [5, 5.41) is 4.35. The van der Waals surface area contributed by atoms with Gasteiger partial charge in [-0.2, -0.15) is 0 Å². The fraction of sp³-hybridized carbons (Fsp3) is 0.200. The molecule has 0 amide bonds. The lowest BCUT2D eigenvalue weighted by Gasteiger charge is -2.15. The minimum absolute atomic E-state index is 0.282. The first-order valence-corrected chi connectivity index (χ1v) is 6.21. The number of nitrogens with one attached hydrogen (secondary N) is 1. The molecule has 0 saturated carbocycles. The van der Waals surface area contributed by atoms with Gasteiger partial charge in [0.05, 0.1) is 6.04 Å². The molecule has 0 fully saturated rings. The second-order valence-corrected chi connectivity index (χ2v) is 4.95. The van der Waals surface area contributed by atoms with Crippen LogP contribution in [0.3, 0.4) is 0 Å². The van der Waals surface area contributed by atoms with Gasteiger partial charge in [0.25, 0.3) is 0 Å². The van der Waals surface area contributed by atoms with Gasteiger partial charge < -0.3 is 5.32 Å². The summed E-state index contributed by atoms with van der Waals surface area (Å²) in [6, 6.07) is 14.9. The van der Waals surface area contributed by atoms with Gasteiger partial charge in [-0.15, -0.1) is 0 Å². The van der Waals surface area contributed by atoms with Gasteiger partial charge in [-0.1, -0.05) is 41.9 Å². The maximum atomic E-state index is 6.06. The van der Waals surface area contributed by atoms with Crippen LogP contribution < -0.4 is 5.32 Å². The Morgan fingerprint density at radius 1 is 1.18 bits per heavy atom. The Balaban J connectivity index is 2.09. The van der Waals surface area contributed by atoms with E-state index in [1.165, 1.54) is 22.3 Å². The Bertz CT molecular complexity index is 563. The molecule has 1 atom stereocenters. The van der Waals surface area contributed by atoms with E-state index in [1.54, 1.807) is 0 Å². The number of fused-ring (bicyclic) bond motifs is 1. The van der Waals surface area contributed by atoms with Crippen molar-refractivity contribution in [2.24, 2.45) is 0 Å². The topological polar surface area (TPSA) is 12.0 Å². The zero-order valence-corrected chi connectivity index (χ0v) is 10.5. The fourth-order valence-electron chi connectivity index (χ4n) is 2.59. The summed E-state index contributed by atoms with van der Waals surface area (Å²) in [5.74, 6) is 0. The Morgan fingerprint density at radius 2 is 2.00 bits per heavy atom. The summed E-state index contributed by atoms with van der Waals surface area (Å²) in [5.41, 5.74) is 5.40. The van der Waals surface area contributed by atoms with Gasteiger partial charge in [0.1, 0.15) is 0 Å². The molecule has 2 aromatic carbocycles. The van der Waals surface area contributed by atoms with Crippen molar-refractivity contribution in [3.05, 3.63) is 69.7 Å². The molecule has 1 nitrogen and oxygen atoms in total. The van der Waals surface area contributed by atoms with Crippen LogP contribution in [0.5, 0.6) is 0 Å². The van der Waals surface area contributed by atoms with Crippen LogP contribution in [0.15, 0.2) is 42.5 Å². The highest BCUT2D eigenvalue weighted by Gasteiger charge is 2.24. The highest BCUT2D eigenvalue weighted by Crippen LogP contribution is 2.33. The third kappa shape index (κ3) is 1.86. The minimum atomic E-state index is 0.282. The molecule has 0 aliphatic carbocycles. The fourth-order valence-corrected chi connectivity index (χ4v) is 2.79. The second-order valence-electron chi connectivity index (χ2n) is 4.52. The van der Waals surface area contributed by atoms with Gasteiger partial charge in [-0.3, -0.25) is 0 Å². The average molecular weight is 244 g/mol. The molecular formula is C15H14ClN. The standard InChI is InChI=1S/C15H14ClN/c1-10-4-2-6-12-9-17-15(14(10)12)11-5-3-7-13(16)8-11/h2-8,15,17H,9H2,1H3. The molecule has 0 radical (unpaired) electrons.